The van der Waals surface area contributed by atoms with Crippen molar-refractivity contribution >= 4 is 40.4 Å². The molecule has 2 aromatic heterocycles. The number of amides is 2. The van der Waals surface area contributed by atoms with Gasteiger partial charge in [-0.3, -0.25) is 14.6 Å². The lowest BCUT2D eigenvalue weighted by atomic mass is 10.1. The zero-order valence-corrected chi connectivity index (χ0v) is 16.4. The van der Waals surface area contributed by atoms with Crippen LogP contribution < -0.4 is 10.2 Å². The van der Waals surface area contributed by atoms with Gasteiger partial charge in [-0.15, -0.1) is 11.3 Å². The van der Waals surface area contributed by atoms with Crippen LogP contribution in [0.2, 0.25) is 5.02 Å². The number of rotatable bonds is 5. The summed E-state index contributed by atoms with van der Waals surface area (Å²) in [5.41, 5.74) is 2.55. The molecule has 0 aliphatic carbocycles. The number of carbonyl (C=O) groups is 2. The quantitative estimate of drug-likeness (QED) is 0.695. The molecule has 4 rings (SSSR count). The van der Waals surface area contributed by atoms with Gasteiger partial charge in [-0.05, 0) is 36.4 Å². The van der Waals surface area contributed by atoms with Crippen LogP contribution in [0.5, 0.6) is 0 Å². The molecule has 28 heavy (non-hydrogen) atoms. The Bertz CT molecular complexity index is 991. The van der Waals surface area contributed by atoms with Gasteiger partial charge in [0.1, 0.15) is 5.01 Å². The molecule has 1 saturated heterocycles. The SMILES string of the molecule is O=C(NCc1csc(-c2ccncc2)n1)C1CC(=O)N(c2ccc(Cl)cc2)C1. The molecule has 1 aliphatic heterocycles. The molecular formula is C20H17ClN4O2S. The van der Waals surface area contributed by atoms with Gasteiger partial charge in [-0.1, -0.05) is 11.6 Å². The summed E-state index contributed by atoms with van der Waals surface area (Å²) in [7, 11) is 0. The number of carbonyl (C=O) groups excluding carboxylic acids is 2. The zero-order chi connectivity index (χ0) is 19.5. The van der Waals surface area contributed by atoms with E-state index in [4.69, 9.17) is 11.6 Å². The van der Waals surface area contributed by atoms with Crippen LogP contribution in [0.25, 0.3) is 10.6 Å². The number of hydrogen-bond donors (Lipinski definition) is 1. The first-order chi connectivity index (χ1) is 13.6. The van der Waals surface area contributed by atoms with Gasteiger partial charge in [0.05, 0.1) is 18.2 Å². The summed E-state index contributed by atoms with van der Waals surface area (Å²) in [6, 6.07) is 10.8. The maximum Gasteiger partial charge on any atom is 0.227 e. The highest BCUT2D eigenvalue weighted by Gasteiger charge is 2.35. The number of nitrogens with one attached hydrogen (secondary N) is 1. The monoisotopic (exact) mass is 412 g/mol. The second-order valence-corrected chi connectivity index (χ2v) is 7.77. The predicted molar refractivity (Wildman–Crippen MR) is 109 cm³/mol. The van der Waals surface area contributed by atoms with E-state index in [9.17, 15) is 9.59 Å². The number of pyridine rings is 1. The van der Waals surface area contributed by atoms with Gasteiger partial charge < -0.3 is 10.2 Å². The van der Waals surface area contributed by atoms with E-state index in [2.05, 4.69) is 15.3 Å². The van der Waals surface area contributed by atoms with Crippen molar-refractivity contribution in [3.8, 4) is 10.6 Å². The molecule has 1 unspecified atom stereocenters. The molecule has 2 amide bonds. The molecule has 1 atom stereocenters. The number of halogens is 1. The highest BCUT2D eigenvalue weighted by molar-refractivity contribution is 7.13. The summed E-state index contributed by atoms with van der Waals surface area (Å²) in [6.07, 6.45) is 3.65. The zero-order valence-electron chi connectivity index (χ0n) is 14.8. The summed E-state index contributed by atoms with van der Waals surface area (Å²) in [4.78, 5) is 35.0. The summed E-state index contributed by atoms with van der Waals surface area (Å²) >= 11 is 7.42. The van der Waals surface area contributed by atoms with Crippen molar-refractivity contribution in [3.63, 3.8) is 0 Å². The molecule has 0 radical (unpaired) electrons. The number of thiazole rings is 1. The maximum atomic E-state index is 12.5. The largest absolute Gasteiger partial charge is 0.350 e. The van der Waals surface area contributed by atoms with Crippen LogP contribution in [0, 0.1) is 5.92 Å². The minimum Gasteiger partial charge on any atom is -0.350 e. The first-order valence-electron chi connectivity index (χ1n) is 8.78. The molecule has 0 saturated carbocycles. The van der Waals surface area contributed by atoms with Crippen molar-refractivity contribution in [1.29, 1.82) is 0 Å². The van der Waals surface area contributed by atoms with E-state index >= 15 is 0 Å². The Morgan fingerprint density at radius 1 is 1.21 bits per heavy atom. The van der Waals surface area contributed by atoms with Crippen LogP contribution in [-0.4, -0.2) is 28.3 Å². The van der Waals surface area contributed by atoms with Gasteiger partial charge >= 0.3 is 0 Å². The molecule has 3 heterocycles. The van der Waals surface area contributed by atoms with Crippen molar-refractivity contribution in [2.24, 2.45) is 5.92 Å². The Labute approximate surface area is 171 Å². The van der Waals surface area contributed by atoms with Crippen molar-refractivity contribution in [3.05, 3.63) is 64.9 Å². The van der Waals surface area contributed by atoms with Crippen LogP contribution in [0.1, 0.15) is 12.1 Å². The van der Waals surface area contributed by atoms with E-state index in [1.54, 1.807) is 41.6 Å². The van der Waals surface area contributed by atoms with Gasteiger partial charge in [0.25, 0.3) is 0 Å². The van der Waals surface area contributed by atoms with Gasteiger partial charge in [0.2, 0.25) is 11.8 Å². The number of anilines is 1. The molecule has 0 bridgehead atoms. The molecule has 142 valence electrons. The highest BCUT2D eigenvalue weighted by Crippen LogP contribution is 2.27. The third-order valence-corrected chi connectivity index (χ3v) is 5.75. The van der Waals surface area contributed by atoms with E-state index in [1.165, 1.54) is 11.3 Å². The van der Waals surface area contributed by atoms with Crippen LogP contribution in [-0.2, 0) is 16.1 Å². The van der Waals surface area contributed by atoms with Gasteiger partial charge in [-0.25, -0.2) is 4.98 Å². The number of aromatic nitrogens is 2. The lowest BCUT2D eigenvalue weighted by Crippen LogP contribution is -2.32. The Morgan fingerprint density at radius 3 is 2.71 bits per heavy atom. The lowest BCUT2D eigenvalue weighted by Gasteiger charge is -2.16. The summed E-state index contributed by atoms with van der Waals surface area (Å²) in [5, 5.41) is 6.32. The Balaban J connectivity index is 1.35. The average Bonchev–Trinajstić information content (AvgIpc) is 3.34. The number of benzene rings is 1. The molecule has 1 N–H and O–H groups in total. The molecular weight excluding hydrogens is 396 g/mol. The molecule has 1 fully saturated rings. The summed E-state index contributed by atoms with van der Waals surface area (Å²) in [6.45, 7) is 0.706. The molecule has 8 heteroatoms. The fraction of sp³-hybridized carbons (Fsp3) is 0.200. The van der Waals surface area contributed by atoms with Crippen LogP contribution in [0.3, 0.4) is 0 Å². The fourth-order valence-corrected chi connectivity index (χ4v) is 4.04. The third-order valence-electron chi connectivity index (χ3n) is 4.56. The van der Waals surface area contributed by atoms with Crippen LogP contribution in [0.15, 0.2) is 54.2 Å². The van der Waals surface area contributed by atoms with E-state index in [0.29, 0.717) is 18.1 Å². The molecule has 1 aliphatic rings. The van der Waals surface area contributed by atoms with Crippen LogP contribution >= 0.6 is 22.9 Å². The average molecular weight is 413 g/mol. The van der Waals surface area contributed by atoms with Crippen molar-refractivity contribution in [1.82, 2.24) is 15.3 Å². The topological polar surface area (TPSA) is 75.2 Å². The first kappa shape index (κ1) is 18.6. The second kappa shape index (κ2) is 8.08. The van der Waals surface area contributed by atoms with Crippen molar-refractivity contribution < 1.29 is 9.59 Å². The smallest absolute Gasteiger partial charge is 0.227 e. The lowest BCUT2D eigenvalue weighted by molar-refractivity contribution is -0.126. The highest BCUT2D eigenvalue weighted by atomic mass is 35.5. The number of hydrogen-bond acceptors (Lipinski definition) is 5. The van der Waals surface area contributed by atoms with Crippen molar-refractivity contribution in [2.45, 2.75) is 13.0 Å². The minimum atomic E-state index is -0.374. The van der Waals surface area contributed by atoms with E-state index in [-0.39, 0.29) is 24.2 Å². The summed E-state index contributed by atoms with van der Waals surface area (Å²) in [5.74, 6) is -0.569. The first-order valence-corrected chi connectivity index (χ1v) is 10.0. The van der Waals surface area contributed by atoms with Crippen LogP contribution in [0.4, 0.5) is 5.69 Å². The van der Waals surface area contributed by atoms with Crippen molar-refractivity contribution in [2.75, 3.05) is 11.4 Å². The fourth-order valence-electron chi connectivity index (χ4n) is 3.09. The minimum absolute atomic E-state index is 0.0592. The predicted octanol–water partition coefficient (Wildman–Crippen LogP) is 3.53. The Hall–Kier alpha value is -2.77. The Morgan fingerprint density at radius 2 is 1.96 bits per heavy atom. The molecule has 1 aromatic carbocycles. The van der Waals surface area contributed by atoms with E-state index in [0.717, 1.165) is 22.0 Å². The third kappa shape index (κ3) is 4.05. The maximum absolute atomic E-state index is 12.5. The Kier molecular flexibility index (Phi) is 5.36. The van der Waals surface area contributed by atoms with E-state index in [1.807, 2.05) is 17.5 Å². The number of nitrogens with zero attached hydrogens (tertiary/aromatic N) is 3. The second-order valence-electron chi connectivity index (χ2n) is 6.48. The molecule has 3 aromatic rings. The van der Waals surface area contributed by atoms with Gasteiger partial charge in [0, 0.05) is 47.0 Å². The van der Waals surface area contributed by atoms with E-state index < -0.39 is 0 Å². The molecule has 6 nitrogen and oxygen atoms in total. The molecule has 0 spiro atoms. The van der Waals surface area contributed by atoms with Gasteiger partial charge in [0.15, 0.2) is 0 Å². The normalized spacial score (nSPS) is 16.4. The standard InChI is InChI=1S/C20H17ClN4O2S/c21-15-1-3-17(4-2-15)25-11-14(9-18(25)26)19(27)23-10-16-12-28-20(24-16)13-5-7-22-8-6-13/h1-8,12,14H,9-11H2,(H,23,27). The van der Waals surface area contributed by atoms with Gasteiger partial charge in [-0.2, -0.15) is 0 Å². The summed E-state index contributed by atoms with van der Waals surface area (Å²) < 4.78 is 0.